The van der Waals surface area contributed by atoms with E-state index in [0.29, 0.717) is 22.2 Å². The number of fused-ring (bicyclic) bond motifs is 1. The zero-order chi connectivity index (χ0) is 18.7. The van der Waals surface area contributed by atoms with E-state index in [1.165, 1.54) is 6.92 Å². The maximum absolute atomic E-state index is 12.5. The first-order valence-electron chi connectivity index (χ1n) is 7.89. The predicted octanol–water partition coefficient (Wildman–Crippen LogP) is 4.42. The summed E-state index contributed by atoms with van der Waals surface area (Å²) in [4.78, 5) is 28.3. The molecule has 0 unspecified atom stereocenters. The van der Waals surface area contributed by atoms with Crippen LogP contribution >= 0.6 is 15.9 Å². The number of benzene rings is 2. The number of Topliss-reactive ketones (excluding diaryl/α,β-unsaturated/α-hetero) is 1. The summed E-state index contributed by atoms with van der Waals surface area (Å²) in [6, 6.07) is 14.6. The molecule has 132 valence electrons. The molecule has 0 fully saturated rings. The maximum atomic E-state index is 12.5. The fraction of sp³-hybridized carbons (Fsp3) is 0.150. The fourth-order valence-electron chi connectivity index (χ4n) is 2.52. The molecule has 0 aliphatic rings. The number of methoxy groups -OCH3 is 1. The number of carbonyl (C=O) groups is 2. The van der Waals surface area contributed by atoms with Gasteiger partial charge in [0, 0.05) is 15.4 Å². The van der Waals surface area contributed by atoms with Gasteiger partial charge in [0.15, 0.2) is 5.78 Å². The molecule has 26 heavy (non-hydrogen) atoms. The average Bonchev–Trinajstić information content (AvgIpc) is 2.65. The zero-order valence-corrected chi connectivity index (χ0v) is 15.9. The van der Waals surface area contributed by atoms with Gasteiger partial charge in [0.2, 0.25) is 0 Å². The number of carbonyl (C=O) groups excluding carboxylic acids is 2. The van der Waals surface area contributed by atoms with Crippen LogP contribution in [-0.2, 0) is 9.53 Å². The highest BCUT2D eigenvalue weighted by molar-refractivity contribution is 9.10. The Balaban J connectivity index is 2.11. The van der Waals surface area contributed by atoms with E-state index in [4.69, 9.17) is 9.47 Å². The molecule has 0 bridgehead atoms. The van der Waals surface area contributed by atoms with Crippen LogP contribution in [0.4, 0.5) is 0 Å². The minimum atomic E-state index is -0.555. The lowest BCUT2D eigenvalue weighted by atomic mass is 10.0. The Labute approximate surface area is 159 Å². The van der Waals surface area contributed by atoms with Crippen molar-refractivity contribution >= 4 is 38.6 Å². The van der Waals surface area contributed by atoms with Gasteiger partial charge in [0.1, 0.15) is 12.4 Å². The number of pyridine rings is 1. The van der Waals surface area contributed by atoms with Gasteiger partial charge < -0.3 is 9.47 Å². The molecular weight excluding hydrogens is 398 g/mol. The van der Waals surface area contributed by atoms with Crippen LogP contribution < -0.4 is 4.74 Å². The normalized spacial score (nSPS) is 10.6. The second kappa shape index (κ2) is 7.66. The summed E-state index contributed by atoms with van der Waals surface area (Å²) >= 11 is 3.41. The molecule has 6 heteroatoms. The monoisotopic (exact) mass is 413 g/mol. The van der Waals surface area contributed by atoms with E-state index in [2.05, 4.69) is 20.9 Å². The quantitative estimate of drug-likeness (QED) is 0.579. The summed E-state index contributed by atoms with van der Waals surface area (Å²) in [5, 5.41) is 0.658. The maximum Gasteiger partial charge on any atom is 0.339 e. The third-order valence-electron chi connectivity index (χ3n) is 3.78. The molecule has 0 aliphatic carbocycles. The Morgan fingerprint density at radius 3 is 2.46 bits per heavy atom. The van der Waals surface area contributed by atoms with Crippen molar-refractivity contribution in [1.29, 1.82) is 0 Å². The van der Waals surface area contributed by atoms with Gasteiger partial charge >= 0.3 is 5.97 Å². The number of ketones is 1. The number of halogens is 1. The minimum absolute atomic E-state index is 0.215. The number of rotatable bonds is 5. The van der Waals surface area contributed by atoms with Crippen molar-refractivity contribution in [3.05, 3.63) is 58.6 Å². The predicted molar refractivity (Wildman–Crippen MR) is 102 cm³/mol. The molecule has 0 saturated carbocycles. The number of hydrogen-bond donors (Lipinski definition) is 0. The lowest BCUT2D eigenvalue weighted by Gasteiger charge is -2.10. The average molecular weight is 414 g/mol. The molecule has 1 aromatic heterocycles. The van der Waals surface area contributed by atoms with Gasteiger partial charge in [-0.3, -0.25) is 4.79 Å². The van der Waals surface area contributed by atoms with Gasteiger partial charge in [0.25, 0.3) is 0 Å². The molecule has 3 aromatic rings. The molecule has 1 heterocycles. The molecule has 0 atom stereocenters. The smallest absolute Gasteiger partial charge is 0.339 e. The number of ether oxygens (including phenoxy) is 2. The lowest BCUT2D eigenvalue weighted by molar-refractivity contribution is -0.120. The molecule has 0 aliphatic heterocycles. The van der Waals surface area contributed by atoms with Crippen LogP contribution in [0.25, 0.3) is 22.2 Å². The van der Waals surface area contributed by atoms with E-state index in [9.17, 15) is 9.59 Å². The van der Waals surface area contributed by atoms with Gasteiger partial charge in [-0.1, -0.05) is 15.9 Å². The van der Waals surface area contributed by atoms with E-state index in [0.717, 1.165) is 15.8 Å². The molecule has 5 nitrogen and oxygen atoms in total. The summed E-state index contributed by atoms with van der Waals surface area (Å²) in [5.41, 5.74) is 2.51. The van der Waals surface area contributed by atoms with Crippen LogP contribution in [0.3, 0.4) is 0 Å². The van der Waals surface area contributed by atoms with Gasteiger partial charge in [0.05, 0.1) is 23.9 Å². The molecule has 0 saturated heterocycles. The number of esters is 1. The largest absolute Gasteiger partial charge is 0.497 e. The Bertz CT molecular complexity index is 983. The highest BCUT2D eigenvalue weighted by atomic mass is 79.9. The first-order chi connectivity index (χ1) is 12.5. The van der Waals surface area contributed by atoms with Crippen LogP contribution in [-0.4, -0.2) is 30.5 Å². The van der Waals surface area contributed by atoms with Crippen molar-refractivity contribution in [2.45, 2.75) is 6.92 Å². The first kappa shape index (κ1) is 18.1. The molecule has 0 radical (unpaired) electrons. The zero-order valence-electron chi connectivity index (χ0n) is 14.3. The second-order valence-corrected chi connectivity index (χ2v) is 6.64. The van der Waals surface area contributed by atoms with E-state index >= 15 is 0 Å². The minimum Gasteiger partial charge on any atom is -0.497 e. The summed E-state index contributed by atoms with van der Waals surface area (Å²) in [6.07, 6.45) is 0. The highest BCUT2D eigenvalue weighted by Gasteiger charge is 2.16. The second-order valence-electron chi connectivity index (χ2n) is 5.72. The highest BCUT2D eigenvalue weighted by Crippen LogP contribution is 2.28. The Morgan fingerprint density at radius 1 is 1.08 bits per heavy atom. The number of hydrogen-bond acceptors (Lipinski definition) is 5. The van der Waals surface area contributed by atoms with Crippen molar-refractivity contribution in [3.63, 3.8) is 0 Å². The van der Waals surface area contributed by atoms with Crippen molar-refractivity contribution in [1.82, 2.24) is 4.98 Å². The summed E-state index contributed by atoms with van der Waals surface area (Å²) < 4.78 is 11.1. The van der Waals surface area contributed by atoms with Gasteiger partial charge in [-0.05, 0) is 55.5 Å². The molecule has 0 N–H and O–H groups in total. The van der Waals surface area contributed by atoms with Crippen molar-refractivity contribution < 1.29 is 19.1 Å². The van der Waals surface area contributed by atoms with Crippen LogP contribution in [0.1, 0.15) is 17.3 Å². The number of nitrogens with zero attached hydrogens (tertiary/aromatic N) is 1. The molecule has 0 amide bonds. The molecule has 0 spiro atoms. The van der Waals surface area contributed by atoms with Gasteiger partial charge in [-0.15, -0.1) is 0 Å². The molecule has 2 aromatic carbocycles. The van der Waals surface area contributed by atoms with E-state index < -0.39 is 5.97 Å². The van der Waals surface area contributed by atoms with Crippen molar-refractivity contribution in [2.75, 3.05) is 13.7 Å². The Kier molecular flexibility index (Phi) is 5.32. The Morgan fingerprint density at radius 2 is 1.81 bits per heavy atom. The topological polar surface area (TPSA) is 65.5 Å². The lowest BCUT2D eigenvalue weighted by Crippen LogP contribution is -2.12. The van der Waals surface area contributed by atoms with Crippen LogP contribution in [0.2, 0.25) is 0 Å². The molecule has 3 rings (SSSR count). The van der Waals surface area contributed by atoms with Crippen LogP contribution in [0, 0.1) is 0 Å². The van der Waals surface area contributed by atoms with Crippen molar-refractivity contribution in [3.8, 4) is 17.0 Å². The summed E-state index contributed by atoms with van der Waals surface area (Å²) in [5.74, 6) is -0.0340. The first-order valence-corrected chi connectivity index (χ1v) is 8.68. The summed E-state index contributed by atoms with van der Waals surface area (Å²) in [7, 11) is 1.60. The van der Waals surface area contributed by atoms with E-state index in [1.54, 1.807) is 13.2 Å². The van der Waals surface area contributed by atoms with Crippen LogP contribution in [0.15, 0.2) is 53.0 Å². The Hall–Kier alpha value is -2.73. The number of aromatic nitrogens is 1. The standard InChI is InChI=1S/C20H16BrNO4/c1-12(23)11-26-20(24)17-10-19(13-3-6-15(25-2)7-4-13)22-18-8-5-14(21)9-16(17)18/h3-10H,11H2,1-2H3. The van der Waals surface area contributed by atoms with Crippen LogP contribution in [0.5, 0.6) is 5.75 Å². The van der Waals surface area contributed by atoms with Gasteiger partial charge in [-0.2, -0.15) is 0 Å². The van der Waals surface area contributed by atoms with E-state index in [1.807, 2.05) is 42.5 Å². The third-order valence-corrected chi connectivity index (χ3v) is 4.28. The third kappa shape index (κ3) is 3.91. The fourth-order valence-corrected chi connectivity index (χ4v) is 2.88. The van der Waals surface area contributed by atoms with Crippen molar-refractivity contribution in [2.24, 2.45) is 0 Å². The van der Waals surface area contributed by atoms with Gasteiger partial charge in [-0.25, -0.2) is 9.78 Å². The van der Waals surface area contributed by atoms with E-state index in [-0.39, 0.29) is 12.4 Å². The molecular formula is C20H16BrNO4. The SMILES string of the molecule is COc1ccc(-c2cc(C(=O)OCC(C)=O)c3cc(Br)ccc3n2)cc1. The summed E-state index contributed by atoms with van der Waals surface area (Å²) in [6.45, 7) is 1.12.